The first kappa shape index (κ1) is 14.1. The van der Waals surface area contributed by atoms with E-state index in [9.17, 15) is 4.79 Å². The fourth-order valence-corrected chi connectivity index (χ4v) is 4.05. The summed E-state index contributed by atoms with van der Waals surface area (Å²) < 4.78 is 0.830. The fourth-order valence-electron chi connectivity index (χ4n) is 2.38. The van der Waals surface area contributed by atoms with Crippen LogP contribution in [0.5, 0.6) is 0 Å². The van der Waals surface area contributed by atoms with Gasteiger partial charge in [0.2, 0.25) is 0 Å². The van der Waals surface area contributed by atoms with Crippen molar-refractivity contribution in [3.8, 4) is 0 Å². The van der Waals surface area contributed by atoms with Crippen LogP contribution in [0.4, 0.5) is 5.69 Å². The molecule has 1 N–H and O–H groups in total. The highest BCUT2D eigenvalue weighted by molar-refractivity contribution is 9.10. The van der Waals surface area contributed by atoms with Crippen molar-refractivity contribution in [2.75, 3.05) is 5.32 Å². The van der Waals surface area contributed by atoms with Crippen LogP contribution in [0.2, 0.25) is 5.02 Å². The second-order valence-electron chi connectivity index (χ2n) is 4.84. The molecule has 0 bridgehead atoms. The molecule has 0 atom stereocenters. The number of amides is 1. The van der Waals surface area contributed by atoms with Crippen LogP contribution in [0.15, 0.2) is 28.7 Å². The number of aryl methyl sites for hydroxylation is 2. The predicted molar refractivity (Wildman–Crippen MR) is 88.1 cm³/mol. The molecule has 5 heteroatoms. The van der Waals surface area contributed by atoms with Gasteiger partial charge in [0.1, 0.15) is 0 Å². The van der Waals surface area contributed by atoms with E-state index in [0.29, 0.717) is 10.7 Å². The molecule has 0 unspecified atom stereocenters. The maximum Gasteiger partial charge on any atom is 0.265 e. The SMILES string of the molecule is O=C(Nc1cc(Cl)ccc1Br)c1cc2c(s1)CCCC2. The number of carbonyl (C=O) groups is 1. The number of carbonyl (C=O) groups excluding carboxylic acids is 1. The van der Waals surface area contributed by atoms with Gasteiger partial charge in [0, 0.05) is 14.4 Å². The van der Waals surface area contributed by atoms with Gasteiger partial charge in [-0.1, -0.05) is 11.6 Å². The number of fused-ring (bicyclic) bond motifs is 1. The van der Waals surface area contributed by atoms with Crippen LogP contribution in [0.1, 0.15) is 33.0 Å². The van der Waals surface area contributed by atoms with Crippen molar-refractivity contribution in [3.05, 3.63) is 49.1 Å². The summed E-state index contributed by atoms with van der Waals surface area (Å²) in [6.07, 6.45) is 4.66. The van der Waals surface area contributed by atoms with Crippen LogP contribution < -0.4 is 5.32 Å². The lowest BCUT2D eigenvalue weighted by atomic mass is 9.99. The molecule has 20 heavy (non-hydrogen) atoms. The van der Waals surface area contributed by atoms with Crippen LogP contribution in [-0.2, 0) is 12.8 Å². The van der Waals surface area contributed by atoms with Crippen molar-refractivity contribution in [1.29, 1.82) is 0 Å². The van der Waals surface area contributed by atoms with Gasteiger partial charge in [-0.05, 0) is 71.4 Å². The van der Waals surface area contributed by atoms with Gasteiger partial charge in [0.25, 0.3) is 5.91 Å². The van der Waals surface area contributed by atoms with Crippen molar-refractivity contribution < 1.29 is 4.79 Å². The van der Waals surface area contributed by atoms with E-state index in [1.807, 2.05) is 12.1 Å². The molecular formula is C15H13BrClNOS. The highest BCUT2D eigenvalue weighted by atomic mass is 79.9. The van der Waals surface area contributed by atoms with Crippen molar-refractivity contribution in [1.82, 2.24) is 0 Å². The molecule has 3 rings (SSSR count). The molecule has 0 fully saturated rings. The molecule has 1 aromatic heterocycles. The first-order valence-corrected chi connectivity index (χ1v) is 8.50. The smallest absolute Gasteiger partial charge is 0.265 e. The van der Waals surface area contributed by atoms with E-state index in [1.54, 1.807) is 23.5 Å². The average molecular weight is 371 g/mol. The molecule has 1 amide bonds. The Kier molecular flexibility index (Phi) is 4.15. The number of rotatable bonds is 2. The van der Waals surface area contributed by atoms with Gasteiger partial charge >= 0.3 is 0 Å². The Morgan fingerprint density at radius 2 is 2.05 bits per heavy atom. The maximum atomic E-state index is 12.3. The molecule has 0 saturated heterocycles. The maximum absolute atomic E-state index is 12.3. The Morgan fingerprint density at radius 1 is 1.25 bits per heavy atom. The fraction of sp³-hybridized carbons (Fsp3) is 0.267. The zero-order valence-electron chi connectivity index (χ0n) is 10.7. The van der Waals surface area contributed by atoms with Crippen LogP contribution in [0.3, 0.4) is 0 Å². The molecule has 104 valence electrons. The first-order valence-electron chi connectivity index (χ1n) is 6.51. The first-order chi connectivity index (χ1) is 9.63. The van der Waals surface area contributed by atoms with Crippen molar-refractivity contribution in [3.63, 3.8) is 0 Å². The van der Waals surface area contributed by atoms with Gasteiger partial charge in [0.05, 0.1) is 10.6 Å². The standard InChI is InChI=1S/C15H13BrClNOS/c16-11-6-5-10(17)8-12(11)18-15(19)14-7-9-3-1-2-4-13(9)20-14/h5-8H,1-4H2,(H,18,19). The molecule has 0 spiro atoms. The zero-order valence-corrected chi connectivity index (χ0v) is 13.9. The molecular weight excluding hydrogens is 358 g/mol. The van der Waals surface area contributed by atoms with Gasteiger partial charge in [-0.2, -0.15) is 0 Å². The van der Waals surface area contributed by atoms with E-state index in [-0.39, 0.29) is 5.91 Å². The lowest BCUT2D eigenvalue weighted by molar-refractivity contribution is 0.103. The Labute approximate surface area is 135 Å². The minimum absolute atomic E-state index is 0.0626. The van der Waals surface area contributed by atoms with E-state index in [1.165, 1.54) is 23.3 Å². The Morgan fingerprint density at radius 3 is 2.85 bits per heavy atom. The quantitative estimate of drug-likeness (QED) is 0.764. The normalized spacial score (nSPS) is 13.9. The number of thiophene rings is 1. The zero-order chi connectivity index (χ0) is 14.1. The minimum Gasteiger partial charge on any atom is -0.320 e. The topological polar surface area (TPSA) is 29.1 Å². The Hall–Kier alpha value is -0.840. The largest absolute Gasteiger partial charge is 0.320 e. The van der Waals surface area contributed by atoms with Crippen molar-refractivity contribution in [2.45, 2.75) is 25.7 Å². The summed E-state index contributed by atoms with van der Waals surface area (Å²) in [4.78, 5) is 14.5. The molecule has 1 aliphatic carbocycles. The molecule has 2 nitrogen and oxygen atoms in total. The number of benzene rings is 1. The molecule has 1 heterocycles. The second-order valence-corrected chi connectivity index (χ2v) is 7.27. The van der Waals surface area contributed by atoms with Gasteiger partial charge in [0.15, 0.2) is 0 Å². The van der Waals surface area contributed by atoms with E-state index in [2.05, 4.69) is 21.2 Å². The van der Waals surface area contributed by atoms with E-state index in [0.717, 1.165) is 22.2 Å². The number of nitrogens with one attached hydrogen (secondary N) is 1. The summed E-state index contributed by atoms with van der Waals surface area (Å²) in [6.45, 7) is 0. The highest BCUT2D eigenvalue weighted by Crippen LogP contribution is 2.31. The van der Waals surface area contributed by atoms with Gasteiger partial charge < -0.3 is 5.32 Å². The van der Waals surface area contributed by atoms with Crippen LogP contribution >= 0.6 is 38.9 Å². The summed E-state index contributed by atoms with van der Waals surface area (Å²) in [5, 5.41) is 3.52. The monoisotopic (exact) mass is 369 g/mol. The summed E-state index contributed by atoms with van der Waals surface area (Å²) in [6, 6.07) is 7.40. The lowest BCUT2D eigenvalue weighted by Gasteiger charge is -2.08. The minimum atomic E-state index is -0.0626. The van der Waals surface area contributed by atoms with Gasteiger partial charge in [-0.3, -0.25) is 4.79 Å². The molecule has 1 aliphatic rings. The number of anilines is 1. The summed E-state index contributed by atoms with van der Waals surface area (Å²) >= 11 is 11.0. The number of halogens is 2. The average Bonchev–Trinajstić information content (AvgIpc) is 2.87. The molecule has 1 aromatic carbocycles. The predicted octanol–water partition coefficient (Wildman–Crippen LogP) is 5.30. The number of hydrogen-bond donors (Lipinski definition) is 1. The molecule has 0 radical (unpaired) electrons. The highest BCUT2D eigenvalue weighted by Gasteiger charge is 2.17. The summed E-state index contributed by atoms with van der Waals surface area (Å²) in [5.41, 5.74) is 2.05. The third kappa shape index (κ3) is 2.92. The van der Waals surface area contributed by atoms with E-state index in [4.69, 9.17) is 11.6 Å². The molecule has 0 saturated carbocycles. The molecule has 2 aromatic rings. The van der Waals surface area contributed by atoms with Crippen LogP contribution in [0, 0.1) is 0 Å². The van der Waals surface area contributed by atoms with Crippen molar-refractivity contribution >= 4 is 50.5 Å². The Bertz CT molecular complexity index is 644. The number of hydrogen-bond acceptors (Lipinski definition) is 2. The molecule has 0 aliphatic heterocycles. The van der Waals surface area contributed by atoms with E-state index < -0.39 is 0 Å². The van der Waals surface area contributed by atoms with E-state index >= 15 is 0 Å². The lowest BCUT2D eigenvalue weighted by Crippen LogP contribution is -2.10. The van der Waals surface area contributed by atoms with Crippen LogP contribution in [0.25, 0.3) is 0 Å². The summed E-state index contributed by atoms with van der Waals surface area (Å²) in [5.74, 6) is -0.0626. The second kappa shape index (κ2) is 5.88. The van der Waals surface area contributed by atoms with Crippen molar-refractivity contribution in [2.24, 2.45) is 0 Å². The summed E-state index contributed by atoms with van der Waals surface area (Å²) in [7, 11) is 0. The third-order valence-corrected chi connectivity index (χ3v) is 5.56. The van der Waals surface area contributed by atoms with Gasteiger partial charge in [-0.25, -0.2) is 0 Å². The Balaban J connectivity index is 1.82. The van der Waals surface area contributed by atoms with Crippen LogP contribution in [-0.4, -0.2) is 5.91 Å². The van der Waals surface area contributed by atoms with Gasteiger partial charge in [-0.15, -0.1) is 11.3 Å². The third-order valence-electron chi connectivity index (χ3n) is 3.40.